The molecule has 8 heteroatoms. The fourth-order valence-corrected chi connectivity index (χ4v) is 7.00. The van der Waals surface area contributed by atoms with Gasteiger partial charge in [-0.15, -0.1) is 0 Å². The second kappa shape index (κ2) is 8.90. The Bertz CT molecular complexity index is 1110. The van der Waals surface area contributed by atoms with Crippen LogP contribution in [0.5, 0.6) is 0 Å². The van der Waals surface area contributed by atoms with E-state index in [0.29, 0.717) is 37.8 Å². The van der Waals surface area contributed by atoms with Gasteiger partial charge in [0.1, 0.15) is 16.9 Å². The average molecular weight is 463 g/mol. The minimum absolute atomic E-state index is 0.00432. The number of halogens is 2. The number of carbonyl (C=O) groups excluding carboxylic acids is 1. The molecule has 2 aromatic carbocycles. The summed E-state index contributed by atoms with van der Waals surface area (Å²) in [7, 11) is -3.75. The third kappa shape index (κ3) is 4.18. The molecule has 0 bridgehead atoms. The molecule has 1 amide bonds. The van der Waals surface area contributed by atoms with Crippen LogP contribution in [0, 0.1) is 11.6 Å². The summed E-state index contributed by atoms with van der Waals surface area (Å²) in [6.45, 7) is 3.77. The van der Waals surface area contributed by atoms with Crippen LogP contribution in [0.25, 0.3) is 0 Å². The van der Waals surface area contributed by atoms with Crippen LogP contribution in [0.1, 0.15) is 67.5 Å². The molecular weight excluding hydrogens is 434 g/mol. The third-order valence-corrected chi connectivity index (χ3v) is 9.09. The lowest BCUT2D eigenvalue weighted by atomic mass is 10.0. The summed E-state index contributed by atoms with van der Waals surface area (Å²) in [5.74, 6) is -1.36. The van der Waals surface area contributed by atoms with Crippen LogP contribution in [0.3, 0.4) is 0 Å². The van der Waals surface area contributed by atoms with E-state index in [2.05, 4.69) is 0 Å². The van der Waals surface area contributed by atoms with E-state index in [9.17, 15) is 17.6 Å². The van der Waals surface area contributed by atoms with E-state index in [0.717, 1.165) is 12.1 Å². The second-order valence-corrected chi connectivity index (χ2v) is 10.8. The molecule has 0 radical (unpaired) electrons. The molecule has 2 fully saturated rings. The van der Waals surface area contributed by atoms with Crippen molar-refractivity contribution in [3.63, 3.8) is 0 Å². The number of nitrogens with zero attached hydrogens (tertiary/aromatic N) is 2. The van der Waals surface area contributed by atoms with Crippen molar-refractivity contribution in [1.29, 1.82) is 0 Å². The minimum atomic E-state index is -3.75. The van der Waals surface area contributed by atoms with Gasteiger partial charge in [0, 0.05) is 36.7 Å². The Labute approximate surface area is 188 Å². The SMILES string of the molecule is CC(c1cc(F)c(CN2[C@@H](C)CC[C@H](c3ccccc3)S2(=O)=O)cc1F)N1CCCC1=O. The highest BCUT2D eigenvalue weighted by Gasteiger charge is 2.41. The van der Waals surface area contributed by atoms with Gasteiger partial charge in [0.2, 0.25) is 15.9 Å². The van der Waals surface area contributed by atoms with Crippen LogP contribution < -0.4 is 0 Å². The van der Waals surface area contributed by atoms with E-state index in [4.69, 9.17) is 0 Å². The summed E-state index contributed by atoms with van der Waals surface area (Å²) in [6.07, 6.45) is 2.24. The summed E-state index contributed by atoms with van der Waals surface area (Å²) in [5.41, 5.74) is 0.809. The maximum atomic E-state index is 15.0. The van der Waals surface area contributed by atoms with Gasteiger partial charge >= 0.3 is 0 Å². The molecule has 0 spiro atoms. The maximum absolute atomic E-state index is 15.0. The van der Waals surface area contributed by atoms with Crippen molar-refractivity contribution in [2.45, 2.75) is 63.4 Å². The lowest BCUT2D eigenvalue weighted by molar-refractivity contribution is -0.129. The number of benzene rings is 2. The van der Waals surface area contributed by atoms with Crippen LogP contribution in [-0.4, -0.2) is 36.1 Å². The van der Waals surface area contributed by atoms with Crippen molar-refractivity contribution in [3.8, 4) is 0 Å². The Kier molecular flexibility index (Phi) is 6.36. The van der Waals surface area contributed by atoms with Gasteiger partial charge in [0.05, 0.1) is 6.04 Å². The molecule has 2 aromatic rings. The van der Waals surface area contributed by atoms with E-state index in [1.54, 1.807) is 43.0 Å². The quantitative estimate of drug-likeness (QED) is 0.647. The maximum Gasteiger partial charge on any atom is 0.223 e. The van der Waals surface area contributed by atoms with Gasteiger partial charge in [-0.3, -0.25) is 4.79 Å². The molecule has 4 rings (SSSR count). The van der Waals surface area contributed by atoms with Crippen molar-refractivity contribution < 1.29 is 22.0 Å². The lowest BCUT2D eigenvalue weighted by Gasteiger charge is -2.37. The first kappa shape index (κ1) is 22.9. The highest BCUT2D eigenvalue weighted by atomic mass is 32.2. The first-order chi connectivity index (χ1) is 15.2. The van der Waals surface area contributed by atoms with Crippen molar-refractivity contribution in [3.05, 3.63) is 70.8 Å². The summed E-state index contributed by atoms with van der Waals surface area (Å²) in [6, 6.07) is 10.3. The Balaban J connectivity index is 1.61. The van der Waals surface area contributed by atoms with E-state index in [-0.39, 0.29) is 29.6 Å². The van der Waals surface area contributed by atoms with Gasteiger partial charge in [0.25, 0.3) is 0 Å². The topological polar surface area (TPSA) is 57.7 Å². The molecule has 0 aliphatic carbocycles. The Morgan fingerprint density at radius 3 is 2.47 bits per heavy atom. The highest BCUT2D eigenvalue weighted by molar-refractivity contribution is 7.89. The molecule has 2 aliphatic heterocycles. The number of hydrogen-bond acceptors (Lipinski definition) is 3. The molecule has 3 atom stereocenters. The average Bonchev–Trinajstić information content (AvgIpc) is 3.19. The zero-order valence-corrected chi connectivity index (χ0v) is 19.1. The number of likely N-dealkylation sites (tertiary alicyclic amines) is 1. The summed E-state index contributed by atoms with van der Waals surface area (Å²) >= 11 is 0. The van der Waals surface area contributed by atoms with E-state index in [1.165, 1.54) is 4.31 Å². The predicted molar refractivity (Wildman–Crippen MR) is 118 cm³/mol. The lowest BCUT2D eigenvalue weighted by Crippen LogP contribution is -2.44. The van der Waals surface area contributed by atoms with Crippen LogP contribution in [0.4, 0.5) is 8.78 Å². The van der Waals surface area contributed by atoms with Crippen LogP contribution >= 0.6 is 0 Å². The Morgan fingerprint density at radius 1 is 1.09 bits per heavy atom. The largest absolute Gasteiger partial charge is 0.336 e. The fraction of sp³-hybridized carbons (Fsp3) is 0.458. The highest BCUT2D eigenvalue weighted by Crippen LogP contribution is 2.38. The number of sulfonamides is 1. The molecule has 0 aromatic heterocycles. The van der Waals surface area contributed by atoms with Gasteiger partial charge in [-0.25, -0.2) is 17.2 Å². The smallest absolute Gasteiger partial charge is 0.223 e. The molecule has 32 heavy (non-hydrogen) atoms. The summed E-state index contributed by atoms with van der Waals surface area (Å²) in [4.78, 5) is 13.6. The van der Waals surface area contributed by atoms with Gasteiger partial charge in [-0.2, -0.15) is 4.31 Å². The van der Waals surface area contributed by atoms with Gasteiger partial charge < -0.3 is 4.90 Å². The van der Waals surface area contributed by atoms with Crippen LogP contribution in [0.2, 0.25) is 0 Å². The van der Waals surface area contributed by atoms with E-state index < -0.39 is 32.9 Å². The van der Waals surface area contributed by atoms with Gasteiger partial charge in [0.15, 0.2) is 0 Å². The monoisotopic (exact) mass is 462 g/mol. The fourth-order valence-electron chi connectivity index (χ4n) is 4.81. The first-order valence-electron chi connectivity index (χ1n) is 11.0. The number of amides is 1. The van der Waals surface area contributed by atoms with Gasteiger partial charge in [-0.1, -0.05) is 30.3 Å². The van der Waals surface area contributed by atoms with Gasteiger partial charge in [-0.05, 0) is 50.8 Å². The Hall–Kier alpha value is -2.32. The molecule has 5 nitrogen and oxygen atoms in total. The number of hydrogen-bond donors (Lipinski definition) is 0. The minimum Gasteiger partial charge on any atom is -0.336 e. The van der Waals surface area contributed by atoms with Crippen molar-refractivity contribution >= 4 is 15.9 Å². The normalized spacial score (nSPS) is 24.6. The first-order valence-corrected chi connectivity index (χ1v) is 12.5. The molecule has 2 heterocycles. The summed E-state index contributed by atoms with van der Waals surface area (Å²) in [5, 5.41) is -0.701. The second-order valence-electron chi connectivity index (χ2n) is 8.75. The zero-order valence-electron chi connectivity index (χ0n) is 18.3. The number of carbonyl (C=O) groups is 1. The summed E-state index contributed by atoms with van der Waals surface area (Å²) < 4.78 is 58.1. The molecule has 0 N–H and O–H groups in total. The van der Waals surface area contributed by atoms with E-state index in [1.807, 2.05) is 6.07 Å². The standard InChI is InChI=1S/C24H28F2N2O3S/c1-16-10-11-23(18-7-4-3-5-8-18)32(30,31)28(16)15-19-13-22(26)20(14-21(19)25)17(2)27-12-6-9-24(27)29/h3-5,7-8,13-14,16-17,23H,6,9-12,15H2,1-2H3/t16-,17?,23+/m0/s1. The molecule has 172 valence electrons. The zero-order chi connectivity index (χ0) is 23.0. The van der Waals surface area contributed by atoms with Crippen molar-refractivity contribution in [2.24, 2.45) is 0 Å². The van der Waals surface area contributed by atoms with Crippen LogP contribution in [0.15, 0.2) is 42.5 Å². The Morgan fingerprint density at radius 2 is 1.81 bits per heavy atom. The number of rotatable bonds is 5. The predicted octanol–water partition coefficient (Wildman–Crippen LogP) is 4.70. The molecule has 1 unspecified atom stereocenters. The molecule has 0 saturated carbocycles. The molecule has 2 saturated heterocycles. The van der Waals surface area contributed by atoms with Crippen molar-refractivity contribution in [2.75, 3.05) is 6.54 Å². The molecular formula is C24H28F2N2O3S. The van der Waals surface area contributed by atoms with E-state index >= 15 is 4.39 Å². The third-order valence-electron chi connectivity index (χ3n) is 6.72. The molecule has 2 aliphatic rings. The van der Waals surface area contributed by atoms with Crippen molar-refractivity contribution in [1.82, 2.24) is 9.21 Å². The van der Waals surface area contributed by atoms with Crippen LogP contribution in [-0.2, 0) is 21.4 Å².